The molecule has 0 saturated heterocycles. The largest absolute Gasteiger partial charge is 0.393 e. The van der Waals surface area contributed by atoms with E-state index in [9.17, 15) is 20.4 Å². The van der Waals surface area contributed by atoms with Crippen LogP contribution in [-0.2, 0) is 4.74 Å². The molecule has 33 heavy (non-hydrogen) atoms. The van der Waals surface area contributed by atoms with Crippen molar-refractivity contribution in [3.63, 3.8) is 0 Å². The van der Waals surface area contributed by atoms with E-state index < -0.39 is 35.9 Å². The summed E-state index contributed by atoms with van der Waals surface area (Å²) in [6, 6.07) is -0.361. The first-order valence-electron chi connectivity index (χ1n) is 11.8. The Bertz CT molecular complexity index is 513. The predicted molar refractivity (Wildman–Crippen MR) is 133 cm³/mol. The van der Waals surface area contributed by atoms with Gasteiger partial charge in [-0.15, -0.1) is 6.58 Å². The van der Waals surface area contributed by atoms with Crippen molar-refractivity contribution < 1.29 is 35.4 Å². The van der Waals surface area contributed by atoms with Crippen LogP contribution in [0.15, 0.2) is 12.7 Å². The molecule has 10 heteroatoms. The summed E-state index contributed by atoms with van der Waals surface area (Å²) >= 11 is 1.25. The molecule has 0 radical (unpaired) electrons. The molecular weight excluding hydrogens is 448 g/mol. The van der Waals surface area contributed by atoms with Crippen LogP contribution in [0.25, 0.3) is 0 Å². The van der Waals surface area contributed by atoms with Gasteiger partial charge in [-0.25, -0.2) is 0 Å². The second-order valence-corrected chi connectivity index (χ2v) is 10.4. The highest BCUT2D eigenvalue weighted by atomic mass is 32.2. The lowest BCUT2D eigenvalue weighted by Gasteiger charge is -2.37. The maximum Gasteiger partial charge on any atom is 0.160 e. The smallest absolute Gasteiger partial charge is 0.160 e. The van der Waals surface area contributed by atoms with Gasteiger partial charge in [-0.2, -0.15) is 11.8 Å². The number of hydrogen-bond donors (Lipinski definition) is 8. The standard InChI is InChI=1S/C23H48N2O7S/c1-6-23(5,7-2)21(31)17(25-18(27)11-13-32-22(3,4)16-26)10-8-9-12-24-19(28)14-33-15-20(29)30/h6,17-21,24-31H,1,7-16H2,2-5H3. The lowest BCUT2D eigenvalue weighted by molar-refractivity contribution is -0.0683. The third-order valence-corrected chi connectivity index (χ3v) is 6.91. The SMILES string of the molecule is C=CC(C)(CC)C(O)C(CCCCNC(O)CSCC(O)O)NC(O)CCOC(C)(C)CO. The van der Waals surface area contributed by atoms with E-state index in [1.54, 1.807) is 19.9 Å². The Morgan fingerprint density at radius 1 is 1.00 bits per heavy atom. The van der Waals surface area contributed by atoms with E-state index in [1.807, 2.05) is 13.8 Å². The number of thioether (sulfide) groups is 1. The Balaban J connectivity index is 4.65. The van der Waals surface area contributed by atoms with Crippen molar-refractivity contribution in [1.29, 1.82) is 0 Å². The molecule has 0 aliphatic carbocycles. The van der Waals surface area contributed by atoms with E-state index in [2.05, 4.69) is 17.2 Å². The highest BCUT2D eigenvalue weighted by Crippen LogP contribution is 2.30. The van der Waals surface area contributed by atoms with Crippen LogP contribution in [0, 0.1) is 5.41 Å². The maximum atomic E-state index is 11.0. The topological polar surface area (TPSA) is 155 Å². The van der Waals surface area contributed by atoms with Crippen molar-refractivity contribution in [2.24, 2.45) is 5.41 Å². The van der Waals surface area contributed by atoms with E-state index in [0.29, 0.717) is 31.6 Å². The van der Waals surface area contributed by atoms with E-state index in [0.717, 1.165) is 12.8 Å². The zero-order chi connectivity index (χ0) is 25.5. The first-order valence-corrected chi connectivity index (χ1v) is 12.9. The Kier molecular flexibility index (Phi) is 17.1. The molecular formula is C23H48N2O7S. The molecule has 198 valence electrons. The Morgan fingerprint density at radius 2 is 1.67 bits per heavy atom. The molecule has 0 aliphatic heterocycles. The minimum atomic E-state index is -1.38. The van der Waals surface area contributed by atoms with Gasteiger partial charge >= 0.3 is 0 Å². The summed E-state index contributed by atoms with van der Waals surface area (Å²) in [5.74, 6) is 0.504. The zero-order valence-corrected chi connectivity index (χ0v) is 21.6. The van der Waals surface area contributed by atoms with Crippen molar-refractivity contribution >= 4 is 11.8 Å². The number of ether oxygens (including phenoxy) is 1. The van der Waals surface area contributed by atoms with Gasteiger partial charge in [0.25, 0.3) is 0 Å². The summed E-state index contributed by atoms with van der Waals surface area (Å²) in [6.07, 6.45) is 1.18. The van der Waals surface area contributed by atoms with Crippen LogP contribution < -0.4 is 10.6 Å². The van der Waals surface area contributed by atoms with Crippen molar-refractivity contribution in [2.75, 3.05) is 31.3 Å². The van der Waals surface area contributed by atoms with Gasteiger partial charge in [-0.3, -0.25) is 10.6 Å². The molecule has 0 aromatic heterocycles. The highest BCUT2D eigenvalue weighted by molar-refractivity contribution is 7.99. The summed E-state index contributed by atoms with van der Waals surface area (Å²) in [4.78, 5) is 0. The molecule has 5 unspecified atom stereocenters. The predicted octanol–water partition coefficient (Wildman–Crippen LogP) is 0.526. The first-order chi connectivity index (χ1) is 15.4. The average Bonchev–Trinajstić information content (AvgIpc) is 2.76. The average molecular weight is 497 g/mol. The van der Waals surface area contributed by atoms with Crippen molar-refractivity contribution in [3.8, 4) is 0 Å². The van der Waals surface area contributed by atoms with Gasteiger partial charge in [-0.1, -0.05) is 26.3 Å². The molecule has 0 fully saturated rings. The van der Waals surface area contributed by atoms with Crippen molar-refractivity contribution in [2.45, 2.75) is 96.3 Å². The zero-order valence-electron chi connectivity index (χ0n) is 20.7. The second-order valence-electron chi connectivity index (χ2n) is 9.34. The van der Waals surface area contributed by atoms with Crippen LogP contribution in [-0.4, -0.2) is 98.4 Å². The number of aliphatic hydroxyl groups is 6. The molecule has 5 atom stereocenters. The Labute approximate surface area is 203 Å². The second kappa shape index (κ2) is 17.2. The normalized spacial score (nSPS) is 18.0. The van der Waals surface area contributed by atoms with Crippen LogP contribution in [0.4, 0.5) is 0 Å². The number of aliphatic hydroxyl groups excluding tert-OH is 5. The van der Waals surface area contributed by atoms with E-state index in [-0.39, 0.29) is 25.0 Å². The van der Waals surface area contributed by atoms with Crippen molar-refractivity contribution in [3.05, 3.63) is 12.7 Å². The fourth-order valence-corrected chi connectivity index (χ4v) is 3.88. The summed E-state index contributed by atoms with van der Waals surface area (Å²) < 4.78 is 5.59. The fraction of sp³-hybridized carbons (Fsp3) is 0.913. The van der Waals surface area contributed by atoms with E-state index in [1.165, 1.54) is 11.8 Å². The van der Waals surface area contributed by atoms with Gasteiger partial charge in [0, 0.05) is 29.4 Å². The van der Waals surface area contributed by atoms with Gasteiger partial charge < -0.3 is 35.4 Å². The Morgan fingerprint density at radius 3 is 2.21 bits per heavy atom. The van der Waals surface area contributed by atoms with Crippen LogP contribution in [0.5, 0.6) is 0 Å². The molecule has 9 nitrogen and oxygen atoms in total. The van der Waals surface area contributed by atoms with E-state index >= 15 is 0 Å². The molecule has 0 aromatic carbocycles. The highest BCUT2D eigenvalue weighted by Gasteiger charge is 2.35. The fourth-order valence-electron chi connectivity index (χ4n) is 3.19. The molecule has 0 spiro atoms. The number of rotatable bonds is 21. The number of unbranched alkanes of at least 4 members (excludes halogenated alkanes) is 1. The molecule has 0 heterocycles. The van der Waals surface area contributed by atoms with Crippen LogP contribution in [0.1, 0.15) is 59.8 Å². The number of hydrogen-bond acceptors (Lipinski definition) is 10. The van der Waals surface area contributed by atoms with Crippen molar-refractivity contribution in [1.82, 2.24) is 10.6 Å². The monoisotopic (exact) mass is 496 g/mol. The molecule has 0 rings (SSSR count). The lowest BCUT2D eigenvalue weighted by Crippen LogP contribution is -2.51. The van der Waals surface area contributed by atoms with Crippen LogP contribution in [0.2, 0.25) is 0 Å². The minimum absolute atomic E-state index is 0.114. The molecule has 8 N–H and O–H groups in total. The quantitative estimate of drug-likeness (QED) is 0.0641. The molecule has 0 amide bonds. The van der Waals surface area contributed by atoms with Crippen LogP contribution >= 0.6 is 11.8 Å². The molecule has 0 bridgehead atoms. The summed E-state index contributed by atoms with van der Waals surface area (Å²) in [5, 5.41) is 64.4. The third kappa shape index (κ3) is 14.7. The van der Waals surface area contributed by atoms with Crippen LogP contribution in [0.3, 0.4) is 0 Å². The molecule has 0 aliphatic rings. The maximum absolute atomic E-state index is 11.0. The van der Waals surface area contributed by atoms with E-state index in [4.69, 9.17) is 14.9 Å². The molecule has 0 saturated carbocycles. The minimum Gasteiger partial charge on any atom is -0.393 e. The lowest BCUT2D eigenvalue weighted by atomic mass is 9.77. The third-order valence-electron chi connectivity index (χ3n) is 5.82. The van der Waals surface area contributed by atoms with Gasteiger partial charge in [0.1, 0.15) is 12.5 Å². The summed E-state index contributed by atoms with van der Waals surface area (Å²) in [7, 11) is 0. The summed E-state index contributed by atoms with van der Waals surface area (Å²) in [6.45, 7) is 12.1. The summed E-state index contributed by atoms with van der Waals surface area (Å²) in [5.41, 5.74) is -1.17. The van der Waals surface area contributed by atoms with Gasteiger partial charge in [-0.05, 0) is 39.7 Å². The first kappa shape index (κ1) is 32.7. The van der Waals surface area contributed by atoms with Gasteiger partial charge in [0.2, 0.25) is 0 Å². The number of nitrogens with one attached hydrogen (secondary N) is 2. The molecule has 0 aromatic rings. The van der Waals surface area contributed by atoms with Gasteiger partial charge in [0.15, 0.2) is 6.29 Å². The van der Waals surface area contributed by atoms with Gasteiger partial charge in [0.05, 0.1) is 24.9 Å². The Hall–Kier alpha value is -0.270.